The monoisotopic (exact) mass is 437 g/mol. The van der Waals surface area contributed by atoms with E-state index in [9.17, 15) is 13.2 Å². The van der Waals surface area contributed by atoms with Crippen LogP contribution < -0.4 is 14.8 Å². The second-order valence-corrected chi connectivity index (χ2v) is 9.07. The first-order chi connectivity index (χ1) is 13.9. The van der Waals surface area contributed by atoms with Gasteiger partial charge in [0.2, 0.25) is 17.6 Å². The lowest BCUT2D eigenvalue weighted by atomic mass is 10.2. The van der Waals surface area contributed by atoms with E-state index in [0.29, 0.717) is 17.1 Å². The van der Waals surface area contributed by atoms with Gasteiger partial charge in [-0.2, -0.15) is 4.98 Å². The van der Waals surface area contributed by atoms with E-state index in [4.69, 9.17) is 14.0 Å². The lowest BCUT2D eigenvalue weighted by Crippen LogP contribution is -2.30. The number of aromatic nitrogens is 2. The van der Waals surface area contributed by atoms with Crippen LogP contribution in [-0.4, -0.2) is 44.4 Å². The summed E-state index contributed by atoms with van der Waals surface area (Å²) in [5.74, 6) is -0.647. The topological polar surface area (TPSA) is 121 Å². The SMILES string of the molecule is COc1ccc(-c2noc(CS(=O)(=O)CC(=O)NCc3cccs3)n2)cc1OC. The van der Waals surface area contributed by atoms with E-state index in [-0.39, 0.29) is 18.3 Å². The van der Waals surface area contributed by atoms with E-state index in [0.717, 1.165) is 4.88 Å². The molecule has 0 atom stereocenters. The van der Waals surface area contributed by atoms with Crippen LogP contribution in [0.4, 0.5) is 0 Å². The predicted octanol–water partition coefficient (Wildman–Crippen LogP) is 2.05. The number of carbonyl (C=O) groups is 1. The summed E-state index contributed by atoms with van der Waals surface area (Å²) < 4.78 is 40.0. The number of thiophene rings is 1. The fraction of sp³-hybridized carbons (Fsp3) is 0.278. The minimum atomic E-state index is -3.77. The average Bonchev–Trinajstić information content (AvgIpc) is 3.37. The highest BCUT2D eigenvalue weighted by Crippen LogP contribution is 2.31. The molecule has 0 aliphatic rings. The number of ether oxygens (including phenoxy) is 2. The predicted molar refractivity (Wildman–Crippen MR) is 106 cm³/mol. The molecule has 0 fully saturated rings. The molecule has 2 aromatic heterocycles. The zero-order valence-corrected chi connectivity index (χ0v) is 17.4. The minimum Gasteiger partial charge on any atom is -0.493 e. The van der Waals surface area contributed by atoms with Gasteiger partial charge in [-0.05, 0) is 29.6 Å². The summed E-state index contributed by atoms with van der Waals surface area (Å²) >= 11 is 1.48. The molecule has 1 N–H and O–H groups in total. The van der Waals surface area contributed by atoms with Crippen molar-refractivity contribution in [2.24, 2.45) is 0 Å². The molecule has 0 bridgehead atoms. The average molecular weight is 437 g/mol. The molecule has 11 heteroatoms. The molecule has 0 saturated carbocycles. The number of amides is 1. The molecule has 2 heterocycles. The van der Waals surface area contributed by atoms with Gasteiger partial charge in [0.05, 0.1) is 20.8 Å². The Hall–Kier alpha value is -2.92. The summed E-state index contributed by atoms with van der Waals surface area (Å²) in [5.41, 5.74) is 0.573. The van der Waals surface area contributed by atoms with Gasteiger partial charge in [-0.15, -0.1) is 11.3 Å². The standard InChI is InChI=1S/C18H19N3O6S2/c1-25-14-6-5-12(8-15(14)26-2)18-20-17(27-21-18)11-29(23,24)10-16(22)19-9-13-4-3-7-28-13/h3-8H,9-11H2,1-2H3,(H,19,22). The van der Waals surface area contributed by atoms with Crippen molar-refractivity contribution in [1.82, 2.24) is 15.5 Å². The Balaban J connectivity index is 1.63. The molecular weight excluding hydrogens is 418 g/mol. The molecule has 3 aromatic rings. The molecule has 0 radical (unpaired) electrons. The Kier molecular flexibility index (Phi) is 6.49. The van der Waals surface area contributed by atoms with E-state index in [1.807, 2.05) is 17.5 Å². The van der Waals surface area contributed by atoms with Crippen molar-refractivity contribution in [3.8, 4) is 22.9 Å². The van der Waals surface area contributed by atoms with Crippen molar-refractivity contribution >= 4 is 27.1 Å². The molecule has 0 aliphatic carbocycles. The summed E-state index contributed by atoms with van der Waals surface area (Å²) in [7, 11) is -0.748. The molecular formula is C18H19N3O6S2. The number of hydrogen-bond acceptors (Lipinski definition) is 9. The third-order valence-corrected chi connectivity index (χ3v) is 6.11. The van der Waals surface area contributed by atoms with E-state index in [2.05, 4.69) is 15.5 Å². The van der Waals surface area contributed by atoms with Gasteiger partial charge in [-0.1, -0.05) is 11.2 Å². The van der Waals surface area contributed by atoms with Crippen molar-refractivity contribution in [3.05, 3.63) is 46.5 Å². The number of rotatable bonds is 9. The highest BCUT2D eigenvalue weighted by Gasteiger charge is 2.22. The number of sulfone groups is 1. The van der Waals surface area contributed by atoms with Crippen molar-refractivity contribution in [1.29, 1.82) is 0 Å². The molecule has 0 unspecified atom stereocenters. The molecule has 9 nitrogen and oxygen atoms in total. The second-order valence-electron chi connectivity index (χ2n) is 5.97. The first-order valence-electron chi connectivity index (χ1n) is 8.44. The fourth-order valence-electron chi connectivity index (χ4n) is 2.49. The molecule has 3 rings (SSSR count). The van der Waals surface area contributed by atoms with Crippen LogP contribution in [0, 0.1) is 0 Å². The Morgan fingerprint density at radius 2 is 2.00 bits per heavy atom. The van der Waals surface area contributed by atoms with Gasteiger partial charge < -0.3 is 19.3 Å². The zero-order chi connectivity index (χ0) is 20.9. The second kappa shape index (κ2) is 9.05. The normalized spacial score (nSPS) is 11.2. The van der Waals surface area contributed by atoms with Gasteiger partial charge >= 0.3 is 0 Å². The number of carbonyl (C=O) groups excluding carboxylic acids is 1. The first-order valence-corrected chi connectivity index (χ1v) is 11.1. The number of methoxy groups -OCH3 is 2. The number of benzene rings is 1. The van der Waals surface area contributed by atoms with Gasteiger partial charge in [0.25, 0.3) is 0 Å². The molecule has 0 spiro atoms. The molecule has 1 amide bonds. The number of nitrogens with zero attached hydrogens (tertiary/aromatic N) is 2. The third kappa shape index (κ3) is 5.55. The van der Waals surface area contributed by atoms with Crippen LogP contribution in [0.15, 0.2) is 40.2 Å². The van der Waals surface area contributed by atoms with E-state index in [1.165, 1.54) is 25.6 Å². The van der Waals surface area contributed by atoms with Crippen LogP contribution in [0.1, 0.15) is 10.8 Å². The zero-order valence-electron chi connectivity index (χ0n) is 15.7. The van der Waals surface area contributed by atoms with Crippen molar-refractivity contribution in [2.45, 2.75) is 12.3 Å². The Labute approximate surface area is 171 Å². The van der Waals surface area contributed by atoms with Crippen LogP contribution in [0.25, 0.3) is 11.4 Å². The number of hydrogen-bond donors (Lipinski definition) is 1. The summed E-state index contributed by atoms with van der Waals surface area (Å²) in [6.07, 6.45) is 0. The van der Waals surface area contributed by atoms with Crippen LogP contribution in [-0.2, 0) is 26.9 Å². The highest BCUT2D eigenvalue weighted by molar-refractivity contribution is 7.91. The Morgan fingerprint density at radius 3 is 2.69 bits per heavy atom. The minimum absolute atomic E-state index is 0.0964. The Bertz CT molecular complexity index is 1080. The Morgan fingerprint density at radius 1 is 1.21 bits per heavy atom. The number of nitrogens with one attached hydrogen (secondary N) is 1. The molecule has 154 valence electrons. The third-order valence-electron chi connectivity index (χ3n) is 3.84. The first kappa shape index (κ1) is 20.8. The molecule has 0 aliphatic heterocycles. The smallest absolute Gasteiger partial charge is 0.242 e. The van der Waals surface area contributed by atoms with Crippen LogP contribution in [0.5, 0.6) is 11.5 Å². The van der Waals surface area contributed by atoms with Crippen molar-refractivity contribution in [2.75, 3.05) is 20.0 Å². The summed E-state index contributed by atoms with van der Waals surface area (Å²) in [6.45, 7) is 0.288. The van der Waals surface area contributed by atoms with Gasteiger partial charge in [0.15, 0.2) is 21.3 Å². The highest BCUT2D eigenvalue weighted by atomic mass is 32.2. The molecule has 1 aromatic carbocycles. The maximum atomic E-state index is 12.3. The van der Waals surface area contributed by atoms with Crippen molar-refractivity contribution in [3.63, 3.8) is 0 Å². The molecule has 29 heavy (non-hydrogen) atoms. The van der Waals surface area contributed by atoms with Crippen LogP contribution >= 0.6 is 11.3 Å². The maximum absolute atomic E-state index is 12.3. The van der Waals surface area contributed by atoms with Crippen LogP contribution in [0.2, 0.25) is 0 Å². The lowest BCUT2D eigenvalue weighted by Gasteiger charge is -2.07. The summed E-state index contributed by atoms with van der Waals surface area (Å²) in [5, 5.41) is 8.26. The summed E-state index contributed by atoms with van der Waals surface area (Å²) in [6, 6.07) is 8.74. The van der Waals surface area contributed by atoms with Gasteiger partial charge in [-0.25, -0.2) is 8.42 Å². The maximum Gasteiger partial charge on any atom is 0.242 e. The van der Waals surface area contributed by atoms with Gasteiger partial charge in [0.1, 0.15) is 11.5 Å². The summed E-state index contributed by atoms with van der Waals surface area (Å²) in [4.78, 5) is 17.0. The largest absolute Gasteiger partial charge is 0.493 e. The van der Waals surface area contributed by atoms with Crippen molar-refractivity contribution < 1.29 is 27.2 Å². The lowest BCUT2D eigenvalue weighted by molar-refractivity contribution is -0.118. The van der Waals surface area contributed by atoms with Gasteiger partial charge in [-0.3, -0.25) is 4.79 Å². The van der Waals surface area contributed by atoms with Crippen LogP contribution in [0.3, 0.4) is 0 Å². The molecule has 0 saturated heterocycles. The quantitative estimate of drug-likeness (QED) is 0.540. The van der Waals surface area contributed by atoms with E-state index < -0.39 is 27.3 Å². The van der Waals surface area contributed by atoms with Gasteiger partial charge in [0, 0.05) is 10.4 Å². The fourth-order valence-corrected chi connectivity index (χ4v) is 4.24. The van der Waals surface area contributed by atoms with E-state index >= 15 is 0 Å². The van der Waals surface area contributed by atoms with E-state index in [1.54, 1.807) is 18.2 Å².